The molecule has 1 heterocycles. The number of nitrogens with zero attached hydrogens (tertiary/aromatic N) is 1. The third kappa shape index (κ3) is 3.37. The summed E-state index contributed by atoms with van der Waals surface area (Å²) in [6.45, 7) is 8.34. The number of carbonyl (C=O) groups is 1. The van der Waals surface area contributed by atoms with Crippen molar-refractivity contribution in [1.29, 1.82) is 0 Å². The molecule has 0 bridgehead atoms. The van der Waals surface area contributed by atoms with E-state index < -0.39 is 0 Å². The molecular weight excluding hydrogens is 238 g/mol. The molecule has 3 heteroatoms. The summed E-state index contributed by atoms with van der Waals surface area (Å²) in [6, 6.07) is 0. The van der Waals surface area contributed by atoms with Gasteiger partial charge in [0.15, 0.2) is 0 Å². The highest BCUT2D eigenvalue weighted by atomic mass is 16.5. The number of hydrogen-bond acceptors (Lipinski definition) is 2. The van der Waals surface area contributed by atoms with Crippen molar-refractivity contribution in [3.8, 4) is 0 Å². The van der Waals surface area contributed by atoms with Crippen molar-refractivity contribution in [2.24, 2.45) is 7.05 Å². The van der Waals surface area contributed by atoms with Gasteiger partial charge in [-0.1, -0.05) is 13.0 Å². The van der Waals surface area contributed by atoms with Crippen molar-refractivity contribution in [2.75, 3.05) is 7.11 Å². The van der Waals surface area contributed by atoms with Crippen LogP contribution < -0.4 is 0 Å². The van der Waals surface area contributed by atoms with Gasteiger partial charge in [0.2, 0.25) is 0 Å². The summed E-state index contributed by atoms with van der Waals surface area (Å²) >= 11 is 0. The molecule has 0 fully saturated rings. The molecule has 0 radical (unpaired) electrons. The molecule has 3 nitrogen and oxygen atoms in total. The highest BCUT2D eigenvalue weighted by Gasteiger charge is 2.11. The standard InChI is InChI=1S/C16H23NO2/c1-7-14-12(3)15(17(5)13(14)4)9-8-11(2)10-16(18)19-6/h8-10H,7H2,1-6H3/b9-8+,11-10-. The molecule has 0 amide bonds. The highest BCUT2D eigenvalue weighted by Crippen LogP contribution is 2.23. The van der Waals surface area contributed by atoms with Crippen LogP contribution in [-0.4, -0.2) is 17.6 Å². The molecule has 19 heavy (non-hydrogen) atoms. The van der Waals surface area contributed by atoms with E-state index in [9.17, 15) is 4.79 Å². The quantitative estimate of drug-likeness (QED) is 0.473. The number of hydrogen-bond donors (Lipinski definition) is 0. The monoisotopic (exact) mass is 261 g/mol. The van der Waals surface area contributed by atoms with E-state index in [4.69, 9.17) is 0 Å². The van der Waals surface area contributed by atoms with Crippen LogP contribution in [0.3, 0.4) is 0 Å². The maximum Gasteiger partial charge on any atom is 0.330 e. The molecule has 0 aromatic carbocycles. The number of aromatic nitrogens is 1. The lowest BCUT2D eigenvalue weighted by Crippen LogP contribution is -1.96. The Kier molecular flexibility index (Phi) is 5.16. The topological polar surface area (TPSA) is 31.2 Å². The third-order valence-corrected chi connectivity index (χ3v) is 3.54. The molecule has 1 rings (SSSR count). The van der Waals surface area contributed by atoms with Crippen LogP contribution >= 0.6 is 0 Å². The summed E-state index contributed by atoms with van der Waals surface area (Å²) in [7, 11) is 3.45. The lowest BCUT2D eigenvalue weighted by Gasteiger charge is -2.01. The van der Waals surface area contributed by atoms with Gasteiger partial charge < -0.3 is 9.30 Å². The van der Waals surface area contributed by atoms with Crippen molar-refractivity contribution in [1.82, 2.24) is 4.57 Å². The number of esters is 1. The number of ether oxygens (including phenoxy) is 1. The van der Waals surface area contributed by atoms with E-state index in [2.05, 4.69) is 43.2 Å². The van der Waals surface area contributed by atoms with Gasteiger partial charge in [0.25, 0.3) is 0 Å². The maximum atomic E-state index is 11.1. The average Bonchev–Trinajstić information content (AvgIpc) is 2.58. The third-order valence-electron chi connectivity index (χ3n) is 3.54. The Morgan fingerprint density at radius 1 is 1.37 bits per heavy atom. The van der Waals surface area contributed by atoms with Gasteiger partial charge in [-0.05, 0) is 50.0 Å². The first-order valence-corrected chi connectivity index (χ1v) is 6.51. The Balaban J connectivity index is 3.07. The first-order valence-electron chi connectivity index (χ1n) is 6.51. The molecule has 0 atom stereocenters. The Labute approximate surface area is 115 Å². The molecule has 0 aliphatic carbocycles. The van der Waals surface area contributed by atoms with Gasteiger partial charge in [-0.15, -0.1) is 0 Å². The smallest absolute Gasteiger partial charge is 0.330 e. The number of methoxy groups -OCH3 is 1. The van der Waals surface area contributed by atoms with Gasteiger partial charge in [-0.25, -0.2) is 4.79 Å². The average molecular weight is 261 g/mol. The minimum absolute atomic E-state index is 0.323. The van der Waals surface area contributed by atoms with Gasteiger partial charge in [0.05, 0.1) is 7.11 Å². The fourth-order valence-electron chi connectivity index (χ4n) is 2.32. The second-order valence-electron chi connectivity index (χ2n) is 4.73. The van der Waals surface area contributed by atoms with Crippen molar-refractivity contribution < 1.29 is 9.53 Å². The van der Waals surface area contributed by atoms with Crippen LogP contribution in [0.1, 0.15) is 36.4 Å². The molecule has 1 aromatic heterocycles. The molecule has 0 saturated carbocycles. The molecule has 0 unspecified atom stereocenters. The van der Waals surface area contributed by atoms with E-state index in [-0.39, 0.29) is 5.97 Å². The minimum Gasteiger partial charge on any atom is -0.466 e. The summed E-state index contributed by atoms with van der Waals surface area (Å²) in [6.07, 6.45) is 6.52. The molecule has 0 saturated heterocycles. The molecule has 0 aliphatic heterocycles. The summed E-state index contributed by atoms with van der Waals surface area (Å²) in [5.74, 6) is -0.323. The van der Waals surface area contributed by atoms with Crippen LogP contribution in [0.15, 0.2) is 17.7 Å². The predicted octanol–water partition coefficient (Wildman–Crippen LogP) is 3.34. The first kappa shape index (κ1) is 15.3. The van der Waals surface area contributed by atoms with Gasteiger partial charge in [-0.2, -0.15) is 0 Å². The van der Waals surface area contributed by atoms with Crippen molar-refractivity contribution >= 4 is 12.0 Å². The normalized spacial score (nSPS) is 12.2. The van der Waals surface area contributed by atoms with Crippen LogP contribution in [0, 0.1) is 13.8 Å². The molecule has 0 N–H and O–H groups in total. The van der Waals surface area contributed by atoms with E-state index in [1.54, 1.807) is 0 Å². The van der Waals surface area contributed by atoms with Gasteiger partial charge in [-0.3, -0.25) is 0 Å². The van der Waals surface area contributed by atoms with Crippen LogP contribution in [0.25, 0.3) is 6.08 Å². The molecule has 104 valence electrons. The second kappa shape index (κ2) is 6.41. The Morgan fingerprint density at radius 2 is 2.00 bits per heavy atom. The van der Waals surface area contributed by atoms with Gasteiger partial charge in [0, 0.05) is 24.5 Å². The molecule has 0 aliphatic rings. The van der Waals surface area contributed by atoms with Gasteiger partial charge >= 0.3 is 5.97 Å². The van der Waals surface area contributed by atoms with E-state index in [0.29, 0.717) is 0 Å². The molecular formula is C16H23NO2. The summed E-state index contributed by atoms with van der Waals surface area (Å²) in [5.41, 5.74) is 6.07. The predicted molar refractivity (Wildman–Crippen MR) is 79.1 cm³/mol. The van der Waals surface area contributed by atoms with Crippen molar-refractivity contribution in [2.45, 2.75) is 34.1 Å². The van der Waals surface area contributed by atoms with Gasteiger partial charge in [0.1, 0.15) is 0 Å². The first-order chi connectivity index (χ1) is 8.92. The van der Waals surface area contributed by atoms with Crippen LogP contribution in [0.4, 0.5) is 0 Å². The maximum absolute atomic E-state index is 11.1. The van der Waals surface area contributed by atoms with E-state index in [1.165, 1.54) is 35.7 Å². The van der Waals surface area contributed by atoms with Crippen LogP contribution in [-0.2, 0) is 23.0 Å². The lowest BCUT2D eigenvalue weighted by atomic mass is 10.1. The fraction of sp³-hybridized carbons (Fsp3) is 0.438. The lowest BCUT2D eigenvalue weighted by molar-refractivity contribution is -0.134. The zero-order chi connectivity index (χ0) is 14.6. The van der Waals surface area contributed by atoms with E-state index in [1.807, 2.05) is 13.0 Å². The molecule has 0 spiro atoms. The zero-order valence-electron chi connectivity index (χ0n) is 12.7. The van der Waals surface area contributed by atoms with Crippen LogP contribution in [0.5, 0.6) is 0 Å². The number of rotatable bonds is 4. The Hall–Kier alpha value is -1.77. The number of carbonyl (C=O) groups excluding carboxylic acids is 1. The van der Waals surface area contributed by atoms with Crippen molar-refractivity contribution in [3.63, 3.8) is 0 Å². The van der Waals surface area contributed by atoms with Crippen molar-refractivity contribution in [3.05, 3.63) is 40.2 Å². The summed E-state index contributed by atoms with van der Waals surface area (Å²) in [5, 5.41) is 0. The summed E-state index contributed by atoms with van der Waals surface area (Å²) < 4.78 is 6.80. The van der Waals surface area contributed by atoms with E-state index in [0.717, 1.165) is 12.0 Å². The minimum atomic E-state index is -0.323. The van der Waals surface area contributed by atoms with E-state index >= 15 is 0 Å². The summed E-state index contributed by atoms with van der Waals surface area (Å²) in [4.78, 5) is 11.1. The zero-order valence-corrected chi connectivity index (χ0v) is 12.7. The Morgan fingerprint density at radius 3 is 2.47 bits per heavy atom. The Bertz CT molecular complexity index is 533. The largest absolute Gasteiger partial charge is 0.466 e. The number of allylic oxidation sites excluding steroid dienone is 2. The second-order valence-corrected chi connectivity index (χ2v) is 4.73. The van der Waals surface area contributed by atoms with Crippen LogP contribution in [0.2, 0.25) is 0 Å². The highest BCUT2D eigenvalue weighted by molar-refractivity contribution is 5.83. The molecule has 1 aromatic rings. The SMILES string of the molecule is CCc1c(C)c(/C=C/C(C)=C\C(=O)OC)n(C)c1C. The fourth-order valence-corrected chi connectivity index (χ4v) is 2.32.